The van der Waals surface area contributed by atoms with Crippen LogP contribution in [-0.4, -0.2) is 36.2 Å². The molecule has 0 amide bonds. The summed E-state index contributed by atoms with van der Waals surface area (Å²) in [5.74, 6) is -0.664. The molecule has 0 radical (unpaired) electrons. The second-order valence-corrected chi connectivity index (χ2v) is 7.81. The lowest BCUT2D eigenvalue weighted by Crippen LogP contribution is -2.34. The Morgan fingerprint density at radius 2 is 1.70 bits per heavy atom. The molecule has 0 aliphatic heterocycles. The zero-order valence-corrected chi connectivity index (χ0v) is 12.6. The number of nitrogen functional groups attached to an aromatic ring is 1. The number of rotatable bonds is 6. The Morgan fingerprint density at radius 1 is 1.15 bits per heavy atom. The predicted octanol–water partition coefficient (Wildman–Crippen LogP) is -0.456. The van der Waals surface area contributed by atoms with Crippen molar-refractivity contribution in [1.29, 1.82) is 0 Å². The highest BCUT2D eigenvalue weighted by Gasteiger charge is 2.17. The van der Waals surface area contributed by atoms with E-state index in [0.717, 1.165) is 18.4 Å². The molecule has 0 spiro atoms. The van der Waals surface area contributed by atoms with Crippen LogP contribution in [0.25, 0.3) is 0 Å². The SMILES string of the molecule is Cc1cc(S(=O)(=O)NCCNS(C)(=O)=O)cc(N)c1F. The Balaban J connectivity index is 2.80. The van der Waals surface area contributed by atoms with Crippen molar-refractivity contribution >= 4 is 25.7 Å². The maximum absolute atomic E-state index is 13.3. The molecule has 1 aromatic rings. The van der Waals surface area contributed by atoms with Gasteiger partial charge in [-0.2, -0.15) is 0 Å². The minimum absolute atomic E-state index is 0.0896. The molecule has 0 heterocycles. The lowest BCUT2D eigenvalue weighted by Gasteiger charge is -2.09. The Morgan fingerprint density at radius 3 is 2.20 bits per heavy atom. The molecule has 0 aromatic heterocycles. The van der Waals surface area contributed by atoms with Crippen molar-refractivity contribution in [3.05, 3.63) is 23.5 Å². The summed E-state index contributed by atoms with van der Waals surface area (Å²) in [6.07, 6.45) is 0.964. The van der Waals surface area contributed by atoms with E-state index < -0.39 is 25.9 Å². The van der Waals surface area contributed by atoms with E-state index in [1.54, 1.807) is 0 Å². The van der Waals surface area contributed by atoms with Crippen molar-refractivity contribution in [2.24, 2.45) is 0 Å². The van der Waals surface area contributed by atoms with Crippen molar-refractivity contribution in [2.75, 3.05) is 25.1 Å². The largest absolute Gasteiger partial charge is 0.396 e. The highest BCUT2D eigenvalue weighted by Crippen LogP contribution is 2.20. The maximum atomic E-state index is 13.3. The fourth-order valence-corrected chi connectivity index (χ4v) is 3.05. The van der Waals surface area contributed by atoms with Crippen LogP contribution < -0.4 is 15.2 Å². The summed E-state index contributed by atoms with van der Waals surface area (Å²) >= 11 is 0. The van der Waals surface area contributed by atoms with Gasteiger partial charge < -0.3 is 5.73 Å². The summed E-state index contributed by atoms with van der Waals surface area (Å²) in [6.45, 7) is 1.18. The first-order valence-electron chi connectivity index (χ1n) is 5.53. The molecule has 10 heteroatoms. The topological polar surface area (TPSA) is 118 Å². The molecule has 0 fully saturated rings. The summed E-state index contributed by atoms with van der Waals surface area (Å²) in [7, 11) is -7.25. The van der Waals surface area contributed by atoms with Gasteiger partial charge >= 0.3 is 0 Å². The summed E-state index contributed by atoms with van der Waals surface area (Å²) in [4.78, 5) is -0.173. The van der Waals surface area contributed by atoms with E-state index in [1.807, 2.05) is 0 Å². The number of nitrogens with two attached hydrogens (primary N) is 1. The van der Waals surface area contributed by atoms with Gasteiger partial charge in [-0.25, -0.2) is 30.7 Å². The number of nitrogens with one attached hydrogen (secondary N) is 2. The minimum Gasteiger partial charge on any atom is -0.396 e. The first kappa shape index (κ1) is 16.8. The monoisotopic (exact) mass is 325 g/mol. The number of hydrogen-bond acceptors (Lipinski definition) is 5. The molecule has 0 unspecified atom stereocenters. The minimum atomic E-state index is -3.87. The molecular weight excluding hydrogens is 309 g/mol. The molecule has 4 N–H and O–H groups in total. The summed E-state index contributed by atoms with van der Waals surface area (Å²) < 4.78 is 63.1. The van der Waals surface area contributed by atoms with Gasteiger partial charge in [0.15, 0.2) is 0 Å². The van der Waals surface area contributed by atoms with Gasteiger partial charge in [0.1, 0.15) is 5.82 Å². The number of hydrogen-bond donors (Lipinski definition) is 3. The summed E-state index contributed by atoms with van der Waals surface area (Å²) in [5.41, 5.74) is 5.22. The second kappa shape index (κ2) is 6.04. The number of aryl methyl sites for hydroxylation is 1. The van der Waals surface area contributed by atoms with Gasteiger partial charge in [0.25, 0.3) is 0 Å². The van der Waals surface area contributed by atoms with Crippen LogP contribution in [0.5, 0.6) is 0 Å². The normalized spacial score (nSPS) is 12.6. The smallest absolute Gasteiger partial charge is 0.240 e. The number of halogens is 1. The molecule has 0 atom stereocenters. The van der Waals surface area contributed by atoms with Gasteiger partial charge in [-0.3, -0.25) is 0 Å². The predicted molar refractivity (Wildman–Crippen MR) is 73.6 cm³/mol. The lowest BCUT2D eigenvalue weighted by molar-refractivity contribution is 0.572. The second-order valence-electron chi connectivity index (χ2n) is 4.21. The molecule has 1 aromatic carbocycles. The van der Waals surface area contributed by atoms with Crippen LogP contribution in [-0.2, 0) is 20.0 Å². The van der Waals surface area contributed by atoms with Crippen molar-refractivity contribution < 1.29 is 21.2 Å². The van der Waals surface area contributed by atoms with Crippen LogP contribution in [0.4, 0.5) is 10.1 Å². The van der Waals surface area contributed by atoms with E-state index in [4.69, 9.17) is 5.73 Å². The highest BCUT2D eigenvalue weighted by atomic mass is 32.2. The van der Waals surface area contributed by atoms with Crippen molar-refractivity contribution in [2.45, 2.75) is 11.8 Å². The van der Waals surface area contributed by atoms with E-state index in [0.29, 0.717) is 0 Å². The van der Waals surface area contributed by atoms with Crippen LogP contribution in [0.1, 0.15) is 5.56 Å². The maximum Gasteiger partial charge on any atom is 0.240 e. The van der Waals surface area contributed by atoms with Gasteiger partial charge in [-0.15, -0.1) is 0 Å². The molecule has 0 saturated carbocycles. The molecule has 1 rings (SSSR count). The van der Waals surface area contributed by atoms with E-state index in [1.165, 1.54) is 6.92 Å². The summed E-state index contributed by atoms with van der Waals surface area (Å²) in [5, 5.41) is 0. The molecule has 20 heavy (non-hydrogen) atoms. The highest BCUT2D eigenvalue weighted by molar-refractivity contribution is 7.89. The van der Waals surface area contributed by atoms with Crippen LogP contribution in [0.15, 0.2) is 17.0 Å². The van der Waals surface area contributed by atoms with E-state index in [2.05, 4.69) is 9.44 Å². The van der Waals surface area contributed by atoms with Crippen molar-refractivity contribution in [1.82, 2.24) is 9.44 Å². The molecule has 7 nitrogen and oxygen atoms in total. The van der Waals surface area contributed by atoms with Gasteiger partial charge in [-0.05, 0) is 24.6 Å². The van der Waals surface area contributed by atoms with E-state index >= 15 is 0 Å². The molecule has 0 bridgehead atoms. The average molecular weight is 325 g/mol. The third-order valence-corrected chi connectivity index (χ3v) is 4.52. The Hall–Kier alpha value is -1.23. The van der Waals surface area contributed by atoms with Crippen LogP contribution in [0, 0.1) is 12.7 Å². The van der Waals surface area contributed by atoms with Crippen molar-refractivity contribution in [3.8, 4) is 0 Å². The van der Waals surface area contributed by atoms with Gasteiger partial charge in [0, 0.05) is 13.1 Å². The van der Waals surface area contributed by atoms with E-state index in [-0.39, 0.29) is 29.2 Å². The average Bonchev–Trinajstić information content (AvgIpc) is 2.30. The van der Waals surface area contributed by atoms with E-state index in [9.17, 15) is 21.2 Å². The lowest BCUT2D eigenvalue weighted by atomic mass is 10.2. The van der Waals surface area contributed by atoms with Gasteiger partial charge in [0.2, 0.25) is 20.0 Å². The first-order chi connectivity index (χ1) is 9.03. The molecule has 0 saturated heterocycles. The summed E-state index contributed by atoms with van der Waals surface area (Å²) in [6, 6.07) is 2.16. The molecule has 0 aliphatic rings. The number of anilines is 1. The Bertz CT molecular complexity index is 678. The first-order valence-corrected chi connectivity index (χ1v) is 8.90. The molecule has 0 aliphatic carbocycles. The van der Waals surface area contributed by atoms with Gasteiger partial charge in [0.05, 0.1) is 16.8 Å². The quantitative estimate of drug-likeness (QED) is 0.483. The zero-order valence-electron chi connectivity index (χ0n) is 11.0. The van der Waals surface area contributed by atoms with Crippen LogP contribution in [0.3, 0.4) is 0 Å². The standard InChI is InChI=1S/C10H16FN3O4S2/c1-7-5-8(6-9(12)10(7)11)20(17,18)14-4-3-13-19(2,15)16/h5-6,13-14H,3-4,12H2,1-2H3. The van der Waals surface area contributed by atoms with Crippen LogP contribution in [0.2, 0.25) is 0 Å². The van der Waals surface area contributed by atoms with Gasteiger partial charge in [-0.1, -0.05) is 0 Å². The Kier molecular flexibility index (Phi) is 5.08. The molecule has 114 valence electrons. The van der Waals surface area contributed by atoms with Crippen molar-refractivity contribution in [3.63, 3.8) is 0 Å². The molecular formula is C10H16FN3O4S2. The van der Waals surface area contributed by atoms with Crippen LogP contribution >= 0.6 is 0 Å². The third-order valence-electron chi connectivity index (χ3n) is 2.35. The number of benzene rings is 1. The third kappa shape index (κ3) is 4.71. The fourth-order valence-electron chi connectivity index (χ4n) is 1.42. The Labute approximate surface area is 117 Å². The number of sulfonamides is 2. The fraction of sp³-hybridized carbons (Fsp3) is 0.400. The zero-order chi connectivity index (χ0) is 15.6.